The van der Waals surface area contributed by atoms with Crippen molar-refractivity contribution in [2.45, 2.75) is 25.4 Å². The van der Waals surface area contributed by atoms with E-state index in [-0.39, 0.29) is 5.82 Å². The highest BCUT2D eigenvalue weighted by molar-refractivity contribution is 7.92. The topological polar surface area (TPSA) is 134 Å². The smallest absolute Gasteiger partial charge is 0.490 e. The molecular formula is C25H30F3N5O5S. The lowest BCUT2D eigenvalue weighted by Crippen LogP contribution is -2.31. The number of carboxylic acid groups (broad SMARTS) is 1. The number of methoxy groups -OCH3 is 1. The third-order valence-corrected chi connectivity index (χ3v) is 6.58. The van der Waals surface area contributed by atoms with E-state index >= 15 is 0 Å². The standard InChI is InChI=1S/C23H29N5O3S.C2HF3O2/c1-28-12-10-16(11-13-28)14-17-8-9-18(31-2)15-21(17)26-22-23(27-32(3,29)30)25-20-7-5-4-6-19(20)24-22;3-2(4,5)1(6)7/h4-9,15-16H,10-14H2,1-3H3,(H,24,26)(H,25,27);(H,6,7). The van der Waals surface area contributed by atoms with E-state index < -0.39 is 22.2 Å². The molecule has 0 aliphatic carbocycles. The molecule has 2 aromatic carbocycles. The van der Waals surface area contributed by atoms with Gasteiger partial charge in [-0.3, -0.25) is 4.72 Å². The number of anilines is 3. The average molecular weight is 570 g/mol. The fourth-order valence-electron chi connectivity index (χ4n) is 4.02. The number of piperidine rings is 1. The van der Waals surface area contributed by atoms with Crippen molar-refractivity contribution in [2.24, 2.45) is 5.92 Å². The van der Waals surface area contributed by atoms with Crippen molar-refractivity contribution in [1.29, 1.82) is 0 Å². The molecule has 10 nitrogen and oxygen atoms in total. The number of carbonyl (C=O) groups is 1. The van der Waals surface area contributed by atoms with Gasteiger partial charge in [0.05, 0.1) is 24.4 Å². The molecule has 14 heteroatoms. The number of hydrogen-bond donors (Lipinski definition) is 3. The molecule has 0 radical (unpaired) electrons. The van der Waals surface area contributed by atoms with Crippen molar-refractivity contribution in [3.63, 3.8) is 0 Å². The van der Waals surface area contributed by atoms with Crippen LogP contribution in [0.4, 0.5) is 30.5 Å². The Bertz CT molecular complexity index is 1410. The Labute approximate surface area is 224 Å². The normalized spacial score (nSPS) is 14.8. The highest BCUT2D eigenvalue weighted by Crippen LogP contribution is 2.32. The molecule has 1 saturated heterocycles. The molecule has 3 aromatic rings. The third kappa shape index (κ3) is 8.96. The van der Waals surface area contributed by atoms with Crippen LogP contribution in [-0.4, -0.2) is 74.0 Å². The van der Waals surface area contributed by atoms with Gasteiger partial charge in [0.15, 0.2) is 11.6 Å². The Balaban J connectivity index is 0.000000532. The first-order chi connectivity index (χ1) is 18.2. The second-order valence-electron chi connectivity index (χ2n) is 9.19. The Kier molecular flexibility index (Phi) is 9.56. The van der Waals surface area contributed by atoms with Crippen LogP contribution in [0.5, 0.6) is 5.75 Å². The van der Waals surface area contributed by atoms with Gasteiger partial charge in [0, 0.05) is 11.8 Å². The molecule has 2 heterocycles. The van der Waals surface area contributed by atoms with Crippen LogP contribution in [0, 0.1) is 5.92 Å². The molecular weight excluding hydrogens is 539 g/mol. The van der Waals surface area contributed by atoms with Crippen molar-refractivity contribution in [2.75, 3.05) is 43.5 Å². The summed E-state index contributed by atoms with van der Waals surface area (Å²) in [6.07, 6.45) is -0.752. The predicted molar refractivity (Wildman–Crippen MR) is 142 cm³/mol. The zero-order valence-corrected chi connectivity index (χ0v) is 22.4. The maximum Gasteiger partial charge on any atom is 0.490 e. The zero-order valence-electron chi connectivity index (χ0n) is 21.6. The quantitative estimate of drug-likeness (QED) is 0.381. The van der Waals surface area contributed by atoms with Crippen molar-refractivity contribution in [3.05, 3.63) is 48.0 Å². The summed E-state index contributed by atoms with van der Waals surface area (Å²) in [5, 5.41) is 10.5. The molecule has 0 unspecified atom stereocenters. The van der Waals surface area contributed by atoms with Crippen molar-refractivity contribution >= 4 is 44.3 Å². The molecule has 1 aliphatic rings. The van der Waals surface area contributed by atoms with Crippen LogP contribution < -0.4 is 14.8 Å². The van der Waals surface area contributed by atoms with Gasteiger partial charge in [-0.25, -0.2) is 23.2 Å². The lowest BCUT2D eigenvalue weighted by Gasteiger charge is -2.29. The predicted octanol–water partition coefficient (Wildman–Crippen LogP) is 4.27. The van der Waals surface area contributed by atoms with Crippen LogP contribution >= 0.6 is 0 Å². The van der Waals surface area contributed by atoms with Crippen LogP contribution in [0.1, 0.15) is 18.4 Å². The molecule has 1 aromatic heterocycles. The minimum absolute atomic E-state index is 0.166. The number of sulfonamides is 1. The largest absolute Gasteiger partial charge is 0.497 e. The lowest BCUT2D eigenvalue weighted by molar-refractivity contribution is -0.192. The van der Waals surface area contributed by atoms with Crippen LogP contribution in [0.3, 0.4) is 0 Å². The van der Waals surface area contributed by atoms with Gasteiger partial charge in [0.2, 0.25) is 10.0 Å². The number of likely N-dealkylation sites (tertiary alicyclic amines) is 1. The molecule has 0 atom stereocenters. The van der Waals surface area contributed by atoms with E-state index in [4.69, 9.17) is 14.6 Å². The number of ether oxygens (including phenoxy) is 1. The first-order valence-electron chi connectivity index (χ1n) is 11.9. The number of para-hydroxylation sites is 2. The van der Waals surface area contributed by atoms with Gasteiger partial charge in [0.25, 0.3) is 0 Å². The maximum absolute atomic E-state index is 12.0. The minimum Gasteiger partial charge on any atom is -0.497 e. The van der Waals surface area contributed by atoms with Gasteiger partial charge < -0.3 is 20.1 Å². The lowest BCUT2D eigenvalue weighted by atomic mass is 9.89. The molecule has 212 valence electrons. The number of fused-ring (bicyclic) bond motifs is 1. The number of rotatable bonds is 7. The SMILES string of the molecule is COc1ccc(CC2CCN(C)CC2)c(Nc2nc3ccccc3nc2NS(C)(=O)=O)c1.O=C(O)C(F)(F)F. The number of nitrogens with one attached hydrogen (secondary N) is 2. The van der Waals surface area contributed by atoms with Gasteiger partial charge in [-0.2, -0.15) is 13.2 Å². The second kappa shape index (κ2) is 12.5. The number of benzene rings is 2. The summed E-state index contributed by atoms with van der Waals surface area (Å²) in [5.74, 6) is -0.929. The second-order valence-corrected chi connectivity index (χ2v) is 10.9. The first-order valence-corrected chi connectivity index (χ1v) is 13.8. The summed E-state index contributed by atoms with van der Waals surface area (Å²) in [7, 11) is 0.252. The van der Waals surface area contributed by atoms with Gasteiger partial charge in [-0.1, -0.05) is 18.2 Å². The first kappa shape index (κ1) is 29.9. The van der Waals surface area contributed by atoms with E-state index in [9.17, 15) is 21.6 Å². The monoisotopic (exact) mass is 569 g/mol. The number of carboxylic acids is 1. The number of halogens is 3. The molecule has 0 bridgehead atoms. The maximum atomic E-state index is 12.0. The number of aromatic nitrogens is 2. The highest BCUT2D eigenvalue weighted by atomic mass is 32.2. The average Bonchev–Trinajstić information content (AvgIpc) is 2.85. The van der Waals surface area contributed by atoms with Crippen LogP contribution in [0.25, 0.3) is 11.0 Å². The fourth-order valence-corrected chi connectivity index (χ4v) is 4.51. The fraction of sp³-hybridized carbons (Fsp3) is 0.400. The van der Waals surface area contributed by atoms with Crippen molar-refractivity contribution in [1.82, 2.24) is 14.9 Å². The van der Waals surface area contributed by atoms with Gasteiger partial charge >= 0.3 is 12.1 Å². The van der Waals surface area contributed by atoms with Gasteiger partial charge in [-0.15, -0.1) is 0 Å². The number of aliphatic carboxylic acids is 1. The number of nitrogens with zero attached hydrogens (tertiary/aromatic N) is 3. The Morgan fingerprint density at radius 1 is 1.10 bits per heavy atom. The minimum atomic E-state index is -5.08. The number of hydrogen-bond acceptors (Lipinski definition) is 8. The molecule has 0 amide bonds. The number of alkyl halides is 3. The van der Waals surface area contributed by atoms with Crippen molar-refractivity contribution < 1.29 is 36.2 Å². The summed E-state index contributed by atoms with van der Waals surface area (Å²) >= 11 is 0. The highest BCUT2D eigenvalue weighted by Gasteiger charge is 2.38. The van der Waals surface area contributed by atoms with E-state index in [1.165, 1.54) is 0 Å². The summed E-state index contributed by atoms with van der Waals surface area (Å²) < 4.78 is 63.6. The van der Waals surface area contributed by atoms with E-state index in [0.29, 0.717) is 28.5 Å². The Morgan fingerprint density at radius 2 is 1.67 bits per heavy atom. The molecule has 1 aliphatic heterocycles. The van der Waals surface area contributed by atoms with E-state index in [2.05, 4.69) is 38.0 Å². The summed E-state index contributed by atoms with van der Waals surface area (Å²) in [4.78, 5) is 20.4. The Hall–Kier alpha value is -3.65. The summed E-state index contributed by atoms with van der Waals surface area (Å²) in [5.41, 5.74) is 3.26. The van der Waals surface area contributed by atoms with Gasteiger partial charge in [-0.05, 0) is 69.1 Å². The van der Waals surface area contributed by atoms with Crippen LogP contribution in [0.2, 0.25) is 0 Å². The summed E-state index contributed by atoms with van der Waals surface area (Å²) in [6.45, 7) is 2.20. The molecule has 3 N–H and O–H groups in total. The van der Waals surface area contributed by atoms with E-state index in [1.807, 2.05) is 30.3 Å². The van der Waals surface area contributed by atoms with Gasteiger partial charge in [0.1, 0.15) is 5.75 Å². The van der Waals surface area contributed by atoms with Crippen LogP contribution in [-0.2, 0) is 21.2 Å². The summed E-state index contributed by atoms with van der Waals surface area (Å²) in [6, 6.07) is 13.3. The molecule has 0 saturated carbocycles. The van der Waals surface area contributed by atoms with Crippen molar-refractivity contribution in [3.8, 4) is 5.75 Å². The van der Waals surface area contributed by atoms with E-state index in [1.54, 1.807) is 13.2 Å². The molecule has 0 spiro atoms. The molecule has 39 heavy (non-hydrogen) atoms. The Morgan fingerprint density at radius 3 is 2.18 bits per heavy atom. The van der Waals surface area contributed by atoms with E-state index in [0.717, 1.165) is 49.9 Å². The molecule has 1 fully saturated rings. The third-order valence-electron chi connectivity index (χ3n) is 6.01. The van der Waals surface area contributed by atoms with Crippen LogP contribution in [0.15, 0.2) is 42.5 Å². The zero-order chi connectivity index (χ0) is 28.8. The molecule has 4 rings (SSSR count).